The number of nitrogens with zero attached hydrogens (tertiary/aromatic N) is 1. The predicted molar refractivity (Wildman–Crippen MR) is 71.7 cm³/mol. The first-order valence-electron chi connectivity index (χ1n) is 4.78. The smallest absolute Gasteiger partial charge is 0.0931 e. The highest BCUT2D eigenvalue weighted by Gasteiger charge is 2.15. The van der Waals surface area contributed by atoms with Gasteiger partial charge in [-0.15, -0.1) is 11.3 Å². The Morgan fingerprint density at radius 3 is 2.73 bits per heavy atom. The van der Waals surface area contributed by atoms with Crippen LogP contribution in [0.2, 0.25) is 4.34 Å². The first kappa shape index (κ1) is 12.9. The summed E-state index contributed by atoms with van der Waals surface area (Å²) in [4.78, 5) is 3.95. The van der Waals surface area contributed by atoms with Crippen molar-refractivity contribution in [2.24, 2.45) is 5.73 Å². The van der Waals surface area contributed by atoms with Gasteiger partial charge in [0.15, 0.2) is 0 Å². The van der Waals surface area contributed by atoms with Crippen LogP contribution in [0.3, 0.4) is 0 Å². The fourth-order valence-corrected chi connectivity index (χ4v) is 3.02. The van der Waals surface area contributed by atoms with Crippen molar-refractivity contribution in [3.8, 4) is 0 Å². The average molecular weight is 263 g/mol. The van der Waals surface area contributed by atoms with Crippen molar-refractivity contribution in [1.29, 1.82) is 0 Å². The van der Waals surface area contributed by atoms with Crippen LogP contribution >= 0.6 is 35.2 Å². The van der Waals surface area contributed by atoms with E-state index >= 15 is 0 Å². The van der Waals surface area contributed by atoms with Crippen molar-refractivity contribution in [3.05, 3.63) is 21.3 Å². The lowest BCUT2D eigenvalue weighted by molar-refractivity contribution is 0.286. The average Bonchev–Trinajstić information content (AvgIpc) is 2.51. The van der Waals surface area contributed by atoms with E-state index in [0.29, 0.717) is 4.99 Å². The summed E-state index contributed by atoms with van der Waals surface area (Å²) in [5, 5.41) is 0. The van der Waals surface area contributed by atoms with Gasteiger partial charge in [0.2, 0.25) is 0 Å². The molecule has 5 heteroatoms. The predicted octanol–water partition coefficient (Wildman–Crippen LogP) is 2.90. The molecule has 0 amide bonds. The minimum absolute atomic E-state index is 0.167. The van der Waals surface area contributed by atoms with Gasteiger partial charge < -0.3 is 5.73 Å². The Hall–Kier alpha value is -0.160. The van der Waals surface area contributed by atoms with Crippen LogP contribution in [0.4, 0.5) is 0 Å². The van der Waals surface area contributed by atoms with Crippen molar-refractivity contribution in [1.82, 2.24) is 4.90 Å². The number of thiocarbonyl (C=S) groups is 1. The monoisotopic (exact) mass is 262 g/mol. The molecule has 84 valence electrons. The van der Waals surface area contributed by atoms with Gasteiger partial charge in [0.25, 0.3) is 0 Å². The lowest BCUT2D eigenvalue weighted by Gasteiger charge is -2.25. The number of likely N-dealkylation sites (N-methyl/N-ethyl adjacent to an activating group) is 1. The van der Waals surface area contributed by atoms with Crippen LogP contribution in [0, 0.1) is 0 Å². The van der Waals surface area contributed by atoms with Gasteiger partial charge >= 0.3 is 0 Å². The second-order valence-corrected chi connectivity index (χ2v) is 5.72. The highest BCUT2D eigenvalue weighted by molar-refractivity contribution is 7.80. The molecule has 1 aromatic heterocycles. The zero-order valence-corrected chi connectivity index (χ0v) is 11.3. The molecule has 0 radical (unpaired) electrons. The van der Waals surface area contributed by atoms with Crippen molar-refractivity contribution >= 4 is 40.1 Å². The van der Waals surface area contributed by atoms with Crippen molar-refractivity contribution in [2.75, 3.05) is 7.05 Å². The van der Waals surface area contributed by atoms with E-state index in [2.05, 4.69) is 11.8 Å². The van der Waals surface area contributed by atoms with E-state index < -0.39 is 0 Å². The van der Waals surface area contributed by atoms with Gasteiger partial charge in [-0.25, -0.2) is 0 Å². The van der Waals surface area contributed by atoms with Crippen LogP contribution in [0.5, 0.6) is 0 Å². The highest BCUT2D eigenvalue weighted by Crippen LogP contribution is 2.23. The van der Waals surface area contributed by atoms with Crippen LogP contribution in [0.1, 0.15) is 18.2 Å². The molecule has 1 unspecified atom stereocenters. The Kier molecular flexibility index (Phi) is 4.99. The van der Waals surface area contributed by atoms with Crippen LogP contribution in [0.15, 0.2) is 12.1 Å². The molecule has 1 atom stereocenters. The second kappa shape index (κ2) is 5.80. The number of hydrogen-bond acceptors (Lipinski definition) is 3. The number of thiophene rings is 1. The molecule has 1 rings (SSSR count). The van der Waals surface area contributed by atoms with E-state index in [4.69, 9.17) is 29.6 Å². The van der Waals surface area contributed by atoms with Crippen LogP contribution in [-0.4, -0.2) is 23.0 Å². The van der Waals surface area contributed by atoms with E-state index in [1.54, 1.807) is 11.3 Å². The Morgan fingerprint density at radius 2 is 2.33 bits per heavy atom. The largest absolute Gasteiger partial charge is 0.392 e. The maximum atomic E-state index is 5.87. The molecule has 2 nitrogen and oxygen atoms in total. The molecule has 0 aromatic carbocycles. The molecule has 2 N–H and O–H groups in total. The van der Waals surface area contributed by atoms with Crippen LogP contribution in [0.25, 0.3) is 0 Å². The molecule has 0 spiro atoms. The van der Waals surface area contributed by atoms with Gasteiger partial charge in [-0.3, -0.25) is 4.90 Å². The van der Waals surface area contributed by atoms with Gasteiger partial charge in [0.1, 0.15) is 0 Å². The minimum atomic E-state index is 0.167. The first-order valence-corrected chi connectivity index (χ1v) is 6.38. The molecule has 0 saturated heterocycles. The van der Waals surface area contributed by atoms with Crippen molar-refractivity contribution in [2.45, 2.75) is 25.9 Å². The van der Waals surface area contributed by atoms with Gasteiger partial charge in [0, 0.05) is 11.4 Å². The fourth-order valence-electron chi connectivity index (χ4n) is 1.52. The number of rotatable bonds is 5. The lowest BCUT2D eigenvalue weighted by Crippen LogP contribution is -2.40. The Labute approximate surface area is 105 Å². The van der Waals surface area contributed by atoms with Gasteiger partial charge in [-0.05, 0) is 25.6 Å². The molecule has 15 heavy (non-hydrogen) atoms. The summed E-state index contributed by atoms with van der Waals surface area (Å²) < 4.78 is 0.821. The van der Waals surface area contributed by atoms with E-state index in [0.717, 1.165) is 17.3 Å². The Balaban J connectivity index is 2.61. The quantitative estimate of drug-likeness (QED) is 0.828. The molecule has 0 saturated carbocycles. The van der Waals surface area contributed by atoms with E-state index in [-0.39, 0.29) is 6.04 Å². The summed E-state index contributed by atoms with van der Waals surface area (Å²) in [5.74, 6) is 0. The normalized spacial score (nSPS) is 13.1. The number of halogens is 1. The number of hydrogen-bond donors (Lipinski definition) is 1. The lowest BCUT2D eigenvalue weighted by atomic mass is 10.2. The molecule has 1 heterocycles. The molecule has 1 aromatic rings. The fraction of sp³-hybridized carbons (Fsp3) is 0.500. The molecular weight excluding hydrogens is 248 g/mol. The molecule has 0 aliphatic rings. The van der Waals surface area contributed by atoms with E-state index in [1.165, 1.54) is 4.88 Å². The SMILES string of the molecule is CCC(C(N)=S)N(C)Cc1ccc(Cl)s1. The van der Waals surface area contributed by atoms with E-state index in [1.807, 2.05) is 19.2 Å². The maximum absolute atomic E-state index is 5.87. The number of nitrogens with two attached hydrogens (primary N) is 1. The van der Waals surface area contributed by atoms with Gasteiger partial charge in [-0.1, -0.05) is 30.7 Å². The Bertz CT molecular complexity index is 338. The van der Waals surface area contributed by atoms with Gasteiger partial charge in [-0.2, -0.15) is 0 Å². The van der Waals surface area contributed by atoms with Crippen LogP contribution in [-0.2, 0) is 6.54 Å². The summed E-state index contributed by atoms with van der Waals surface area (Å²) in [7, 11) is 2.03. The molecule has 0 aliphatic carbocycles. The summed E-state index contributed by atoms with van der Waals surface area (Å²) in [6.45, 7) is 2.93. The van der Waals surface area contributed by atoms with Gasteiger partial charge in [0.05, 0.1) is 15.4 Å². The third-order valence-corrected chi connectivity index (χ3v) is 3.77. The molecule has 0 bridgehead atoms. The van der Waals surface area contributed by atoms with Crippen LogP contribution < -0.4 is 5.73 Å². The molecular formula is C10H15ClN2S2. The first-order chi connectivity index (χ1) is 7.04. The third-order valence-electron chi connectivity index (χ3n) is 2.28. The summed E-state index contributed by atoms with van der Waals surface area (Å²) in [6.07, 6.45) is 0.935. The zero-order chi connectivity index (χ0) is 11.4. The third kappa shape index (κ3) is 3.72. The topological polar surface area (TPSA) is 29.3 Å². The van der Waals surface area contributed by atoms with E-state index in [9.17, 15) is 0 Å². The summed E-state index contributed by atoms with van der Waals surface area (Å²) in [6, 6.07) is 4.12. The minimum Gasteiger partial charge on any atom is -0.392 e. The summed E-state index contributed by atoms with van der Waals surface area (Å²) in [5.41, 5.74) is 5.67. The van der Waals surface area contributed by atoms with Crippen molar-refractivity contribution in [3.63, 3.8) is 0 Å². The van der Waals surface area contributed by atoms with Crippen molar-refractivity contribution < 1.29 is 0 Å². The maximum Gasteiger partial charge on any atom is 0.0931 e. The Morgan fingerprint density at radius 1 is 1.67 bits per heavy atom. The molecule has 0 aliphatic heterocycles. The second-order valence-electron chi connectivity index (χ2n) is 3.45. The summed E-state index contributed by atoms with van der Waals surface area (Å²) >= 11 is 12.5. The molecule has 0 fully saturated rings. The highest BCUT2D eigenvalue weighted by atomic mass is 35.5. The standard InChI is InChI=1S/C10H15ClN2S2/c1-3-8(10(12)14)13(2)6-7-4-5-9(11)15-7/h4-5,8H,3,6H2,1-2H3,(H2,12,14). The zero-order valence-electron chi connectivity index (χ0n) is 8.87.